The first-order valence-corrected chi connectivity index (χ1v) is 11.1. The lowest BCUT2D eigenvalue weighted by molar-refractivity contribution is -0.114. The molecule has 0 radical (unpaired) electrons. The smallest absolute Gasteiger partial charge is 0.244 e. The molecule has 3 rings (SSSR count). The Hall–Kier alpha value is -1.84. The van der Waals surface area contributed by atoms with Crippen LogP contribution in [0.5, 0.6) is 0 Å². The molecule has 0 atom stereocenters. The minimum atomic E-state index is -3.78. The molecule has 1 amide bonds. The quantitative estimate of drug-likeness (QED) is 0.693. The van der Waals surface area contributed by atoms with Crippen LogP contribution in [0.15, 0.2) is 41.3 Å². The fourth-order valence-electron chi connectivity index (χ4n) is 2.80. The maximum absolute atomic E-state index is 12.9. The Kier molecular flexibility index (Phi) is 7.02. The summed E-state index contributed by atoms with van der Waals surface area (Å²) < 4.78 is 32.3. The van der Waals surface area contributed by atoms with Gasteiger partial charge in [-0.3, -0.25) is 4.79 Å². The lowest BCUT2D eigenvalue weighted by Crippen LogP contribution is -2.40. The molecule has 2 aromatic rings. The zero-order chi connectivity index (χ0) is 21.0. The predicted octanol–water partition coefficient (Wildman–Crippen LogP) is 3.37. The van der Waals surface area contributed by atoms with Gasteiger partial charge in [0.25, 0.3) is 0 Å². The van der Waals surface area contributed by atoms with E-state index in [2.05, 4.69) is 10.6 Å². The van der Waals surface area contributed by atoms with Gasteiger partial charge in [-0.1, -0.05) is 29.3 Å². The monoisotopic (exact) mass is 457 g/mol. The average Bonchev–Trinajstić information content (AvgIpc) is 2.71. The van der Waals surface area contributed by atoms with Crippen LogP contribution in [-0.4, -0.2) is 51.5 Å². The maximum Gasteiger partial charge on any atom is 0.244 e. The van der Waals surface area contributed by atoms with Crippen LogP contribution in [0.25, 0.3) is 0 Å². The van der Waals surface area contributed by atoms with E-state index in [1.54, 1.807) is 12.1 Å². The van der Waals surface area contributed by atoms with Gasteiger partial charge < -0.3 is 15.4 Å². The second-order valence-corrected chi connectivity index (χ2v) is 9.25. The molecule has 0 bridgehead atoms. The molecule has 1 heterocycles. The van der Waals surface area contributed by atoms with Gasteiger partial charge in [-0.15, -0.1) is 0 Å². The number of anilines is 2. The number of hydrogen-bond donors (Lipinski definition) is 2. The number of morpholine rings is 1. The summed E-state index contributed by atoms with van der Waals surface area (Å²) in [6, 6.07) is 9.79. The van der Waals surface area contributed by atoms with Gasteiger partial charge in [-0.05, 0) is 42.8 Å². The minimum absolute atomic E-state index is 0.00639. The van der Waals surface area contributed by atoms with Crippen LogP contribution in [0.3, 0.4) is 0 Å². The highest BCUT2D eigenvalue weighted by molar-refractivity contribution is 7.89. The summed E-state index contributed by atoms with van der Waals surface area (Å²) in [7, 11) is -3.78. The summed E-state index contributed by atoms with van der Waals surface area (Å²) in [5.74, 6) is -0.334. The number of sulfonamides is 1. The van der Waals surface area contributed by atoms with Crippen molar-refractivity contribution in [1.29, 1.82) is 0 Å². The lowest BCUT2D eigenvalue weighted by atomic mass is 10.2. The number of aryl methyl sites for hydroxylation is 1. The van der Waals surface area contributed by atoms with Crippen LogP contribution in [0.4, 0.5) is 11.4 Å². The summed E-state index contributed by atoms with van der Waals surface area (Å²) in [6.07, 6.45) is 0. The molecular formula is C19H21Cl2N3O4S. The van der Waals surface area contributed by atoms with E-state index < -0.39 is 10.0 Å². The highest BCUT2D eigenvalue weighted by Crippen LogP contribution is 2.28. The number of carbonyl (C=O) groups excluding carboxylic acids is 1. The maximum atomic E-state index is 12.9. The van der Waals surface area contributed by atoms with Gasteiger partial charge in [0.2, 0.25) is 15.9 Å². The van der Waals surface area contributed by atoms with Crippen LogP contribution < -0.4 is 10.6 Å². The highest BCUT2D eigenvalue weighted by Gasteiger charge is 2.28. The van der Waals surface area contributed by atoms with Gasteiger partial charge in [-0.2, -0.15) is 4.31 Å². The third-order valence-electron chi connectivity index (χ3n) is 4.43. The van der Waals surface area contributed by atoms with Crippen molar-refractivity contribution in [3.05, 3.63) is 52.0 Å². The predicted molar refractivity (Wildman–Crippen MR) is 114 cm³/mol. The first-order valence-electron chi connectivity index (χ1n) is 8.95. The van der Waals surface area contributed by atoms with Crippen molar-refractivity contribution in [1.82, 2.24) is 4.31 Å². The molecule has 2 N–H and O–H groups in total. The SMILES string of the molecule is Cc1ccc(NCC(=O)Nc2ccc(Cl)c(S(=O)(=O)N3CCOCC3)c2)cc1Cl. The zero-order valence-corrected chi connectivity index (χ0v) is 18.1. The number of nitrogens with zero attached hydrogens (tertiary/aromatic N) is 1. The molecule has 7 nitrogen and oxygen atoms in total. The third kappa shape index (κ3) is 5.40. The molecule has 156 valence electrons. The van der Waals surface area contributed by atoms with Crippen molar-refractivity contribution in [2.75, 3.05) is 43.5 Å². The molecule has 0 aromatic heterocycles. The number of hydrogen-bond acceptors (Lipinski definition) is 5. The molecule has 29 heavy (non-hydrogen) atoms. The number of ether oxygens (including phenoxy) is 1. The number of carbonyl (C=O) groups is 1. The number of halogens is 2. The van der Waals surface area contributed by atoms with Crippen molar-refractivity contribution in [2.24, 2.45) is 0 Å². The average molecular weight is 458 g/mol. The van der Waals surface area contributed by atoms with E-state index in [0.717, 1.165) is 5.56 Å². The van der Waals surface area contributed by atoms with E-state index in [-0.39, 0.29) is 35.5 Å². The van der Waals surface area contributed by atoms with Crippen molar-refractivity contribution in [2.45, 2.75) is 11.8 Å². The highest BCUT2D eigenvalue weighted by atomic mass is 35.5. The number of benzene rings is 2. The van der Waals surface area contributed by atoms with E-state index in [1.807, 2.05) is 19.1 Å². The Morgan fingerprint density at radius 3 is 2.45 bits per heavy atom. The molecule has 0 spiro atoms. The second-order valence-electron chi connectivity index (χ2n) is 6.53. The molecule has 0 aliphatic carbocycles. The van der Waals surface area contributed by atoms with Gasteiger partial charge in [-0.25, -0.2) is 8.42 Å². The zero-order valence-electron chi connectivity index (χ0n) is 15.7. The summed E-state index contributed by atoms with van der Waals surface area (Å²) in [5.41, 5.74) is 1.99. The minimum Gasteiger partial charge on any atom is -0.379 e. The molecule has 0 saturated carbocycles. The normalized spacial score (nSPS) is 15.1. The first kappa shape index (κ1) is 21.9. The van der Waals surface area contributed by atoms with E-state index >= 15 is 0 Å². The van der Waals surface area contributed by atoms with Gasteiger partial charge in [0.05, 0.1) is 24.8 Å². The third-order valence-corrected chi connectivity index (χ3v) is 7.22. The first-order chi connectivity index (χ1) is 13.8. The Bertz CT molecular complexity index is 1010. The molecule has 2 aromatic carbocycles. The molecule has 1 saturated heterocycles. The van der Waals surface area contributed by atoms with Gasteiger partial charge >= 0.3 is 0 Å². The Labute approximate surface area is 180 Å². The summed E-state index contributed by atoms with van der Waals surface area (Å²) in [5, 5.41) is 6.36. The van der Waals surface area contributed by atoms with Gasteiger partial charge in [0, 0.05) is 29.5 Å². The molecule has 1 fully saturated rings. The fourth-order valence-corrected chi connectivity index (χ4v) is 4.88. The molecule has 0 unspecified atom stereocenters. The van der Waals surface area contributed by atoms with E-state index in [9.17, 15) is 13.2 Å². The van der Waals surface area contributed by atoms with Gasteiger partial charge in [0.15, 0.2) is 0 Å². The van der Waals surface area contributed by atoms with Crippen molar-refractivity contribution in [3.63, 3.8) is 0 Å². The second kappa shape index (κ2) is 9.32. The fraction of sp³-hybridized carbons (Fsp3) is 0.316. The van der Waals surface area contributed by atoms with Crippen LogP contribution in [0.1, 0.15) is 5.56 Å². The molecular weight excluding hydrogens is 437 g/mol. The summed E-state index contributed by atoms with van der Waals surface area (Å²) in [4.78, 5) is 12.2. The van der Waals surface area contributed by atoms with Crippen LogP contribution in [0.2, 0.25) is 10.0 Å². The number of nitrogens with one attached hydrogen (secondary N) is 2. The van der Waals surface area contributed by atoms with E-state index in [1.165, 1.54) is 16.4 Å². The van der Waals surface area contributed by atoms with E-state index in [4.69, 9.17) is 27.9 Å². The Morgan fingerprint density at radius 1 is 1.07 bits per heavy atom. The summed E-state index contributed by atoms with van der Waals surface area (Å²) >= 11 is 12.2. The van der Waals surface area contributed by atoms with Crippen molar-refractivity contribution < 1.29 is 17.9 Å². The Balaban J connectivity index is 1.68. The van der Waals surface area contributed by atoms with E-state index in [0.29, 0.717) is 29.6 Å². The largest absolute Gasteiger partial charge is 0.379 e. The van der Waals surface area contributed by atoms with Crippen LogP contribution in [-0.2, 0) is 19.6 Å². The number of rotatable bonds is 6. The molecule has 1 aliphatic rings. The van der Waals surface area contributed by atoms with Crippen LogP contribution >= 0.6 is 23.2 Å². The topological polar surface area (TPSA) is 87.7 Å². The molecule has 1 aliphatic heterocycles. The number of amides is 1. The van der Waals surface area contributed by atoms with Crippen LogP contribution in [0, 0.1) is 6.92 Å². The lowest BCUT2D eigenvalue weighted by Gasteiger charge is -2.26. The molecule has 10 heteroatoms. The van der Waals surface area contributed by atoms with Crippen molar-refractivity contribution in [3.8, 4) is 0 Å². The summed E-state index contributed by atoms with van der Waals surface area (Å²) in [6.45, 7) is 3.08. The van der Waals surface area contributed by atoms with Gasteiger partial charge in [0.1, 0.15) is 4.90 Å². The Morgan fingerprint density at radius 2 is 1.76 bits per heavy atom. The standard InChI is InChI=1S/C19H21Cl2N3O4S/c1-13-2-3-14(10-17(13)21)22-12-19(25)23-15-4-5-16(20)18(11-15)29(26,27)24-6-8-28-9-7-24/h2-5,10-11,22H,6-9,12H2,1H3,(H,23,25). The van der Waals surface area contributed by atoms with Crippen molar-refractivity contribution >= 4 is 50.5 Å².